The van der Waals surface area contributed by atoms with Crippen LogP contribution in [0.2, 0.25) is 0 Å². The highest BCUT2D eigenvalue weighted by atomic mass is 79.9. The van der Waals surface area contributed by atoms with Crippen LogP contribution in [-0.4, -0.2) is 24.7 Å². The lowest BCUT2D eigenvalue weighted by Gasteiger charge is -2.29. The third-order valence-corrected chi connectivity index (χ3v) is 4.51. The molecule has 0 fully saturated rings. The number of methoxy groups -OCH3 is 1. The zero-order valence-corrected chi connectivity index (χ0v) is 15.3. The molecule has 1 atom stereocenters. The summed E-state index contributed by atoms with van der Waals surface area (Å²) in [5, 5.41) is 0. The van der Waals surface area contributed by atoms with E-state index in [0.29, 0.717) is 6.61 Å². The molecule has 1 aromatic heterocycles. The average molecular weight is 372 g/mol. The van der Waals surface area contributed by atoms with Gasteiger partial charge in [-0.15, -0.1) is 0 Å². The Bertz CT molecular complexity index is 450. The second-order valence-corrected chi connectivity index (χ2v) is 6.31. The van der Waals surface area contributed by atoms with Gasteiger partial charge in [0.2, 0.25) is 0 Å². The Kier molecular flexibility index (Phi) is 8.46. The maximum Gasteiger partial charge on any atom is 0.311 e. The van der Waals surface area contributed by atoms with Gasteiger partial charge in [-0.1, -0.05) is 20.3 Å². The van der Waals surface area contributed by atoms with Crippen molar-refractivity contribution in [2.75, 3.05) is 13.7 Å². The van der Waals surface area contributed by atoms with Gasteiger partial charge < -0.3 is 9.47 Å². The maximum atomic E-state index is 12.1. The minimum Gasteiger partial charge on any atom is -0.492 e. The number of unbranched alkanes of at least 4 members (excludes halogenated alkanes) is 1. The van der Waals surface area contributed by atoms with Crippen molar-refractivity contribution in [1.29, 1.82) is 0 Å². The van der Waals surface area contributed by atoms with Crippen LogP contribution in [-0.2, 0) is 9.53 Å². The monoisotopic (exact) mass is 371 g/mol. The largest absolute Gasteiger partial charge is 0.492 e. The quantitative estimate of drug-likeness (QED) is 0.337. The van der Waals surface area contributed by atoms with Crippen molar-refractivity contribution < 1.29 is 14.3 Å². The molecular formula is C17H26BrNO3. The van der Waals surface area contributed by atoms with Gasteiger partial charge in [0.15, 0.2) is 0 Å². The number of ether oxygens (including phenoxy) is 2. The Morgan fingerprint density at radius 1 is 1.27 bits per heavy atom. The molecule has 1 heterocycles. The lowest BCUT2D eigenvalue weighted by molar-refractivity contribution is -0.154. The van der Waals surface area contributed by atoms with Crippen LogP contribution in [0.5, 0.6) is 5.75 Å². The van der Waals surface area contributed by atoms with Crippen LogP contribution in [0, 0.1) is 5.41 Å². The zero-order chi connectivity index (χ0) is 16.4. The van der Waals surface area contributed by atoms with Gasteiger partial charge in [-0.25, -0.2) is 4.98 Å². The number of hydrogen-bond donors (Lipinski definition) is 0. The second-order valence-electron chi connectivity index (χ2n) is 5.50. The van der Waals surface area contributed by atoms with Gasteiger partial charge >= 0.3 is 5.97 Å². The number of nitrogens with zero attached hydrogens (tertiary/aromatic N) is 1. The van der Waals surface area contributed by atoms with Crippen LogP contribution >= 0.6 is 15.9 Å². The molecule has 0 aliphatic carbocycles. The summed E-state index contributed by atoms with van der Waals surface area (Å²) in [6.45, 7) is 4.81. The van der Waals surface area contributed by atoms with Crippen LogP contribution in [0.4, 0.5) is 0 Å². The molecule has 0 bridgehead atoms. The molecule has 1 aromatic rings. The molecule has 0 N–H and O–H groups in total. The summed E-state index contributed by atoms with van der Waals surface area (Å²) < 4.78 is 11.5. The van der Waals surface area contributed by atoms with E-state index in [1.807, 2.05) is 12.1 Å². The molecular weight excluding hydrogens is 346 g/mol. The Labute approximate surface area is 141 Å². The third kappa shape index (κ3) is 5.59. The normalized spacial score (nSPS) is 13.5. The van der Waals surface area contributed by atoms with E-state index < -0.39 is 0 Å². The van der Waals surface area contributed by atoms with Crippen molar-refractivity contribution >= 4 is 21.9 Å². The first kappa shape index (κ1) is 18.9. The van der Waals surface area contributed by atoms with Gasteiger partial charge in [-0.3, -0.25) is 4.79 Å². The van der Waals surface area contributed by atoms with Gasteiger partial charge in [-0.05, 0) is 60.2 Å². The molecule has 0 saturated heterocycles. The molecule has 0 aliphatic heterocycles. The van der Waals surface area contributed by atoms with Crippen LogP contribution in [0.15, 0.2) is 22.9 Å². The predicted molar refractivity (Wildman–Crippen MR) is 90.9 cm³/mol. The number of esters is 1. The fourth-order valence-electron chi connectivity index (χ4n) is 2.73. The van der Waals surface area contributed by atoms with Crippen LogP contribution in [0.1, 0.15) is 52.4 Å². The fourth-order valence-corrected chi connectivity index (χ4v) is 2.96. The maximum absolute atomic E-state index is 12.1. The molecule has 0 radical (unpaired) electrons. The smallest absolute Gasteiger partial charge is 0.311 e. The summed E-state index contributed by atoms with van der Waals surface area (Å²) in [6, 6.07) is 3.74. The van der Waals surface area contributed by atoms with Gasteiger partial charge in [-0.2, -0.15) is 0 Å². The van der Waals surface area contributed by atoms with Crippen molar-refractivity contribution in [2.24, 2.45) is 5.41 Å². The number of carbonyl (C=O) groups is 1. The van der Waals surface area contributed by atoms with E-state index in [2.05, 4.69) is 34.8 Å². The van der Waals surface area contributed by atoms with Crippen molar-refractivity contribution in [3.8, 4) is 5.75 Å². The molecule has 1 rings (SSSR count). The van der Waals surface area contributed by atoms with E-state index in [9.17, 15) is 4.79 Å². The number of halogens is 1. The first-order chi connectivity index (χ1) is 10.6. The number of aromatic nitrogens is 1. The molecule has 0 spiro atoms. The number of hydrogen-bond acceptors (Lipinski definition) is 4. The molecule has 0 aliphatic rings. The predicted octanol–water partition coefficient (Wildman–Crippen LogP) is 4.76. The zero-order valence-electron chi connectivity index (χ0n) is 13.7. The molecule has 0 amide bonds. The number of pyridine rings is 1. The standard InChI is InChI=1S/C17H26BrNO3/c1-4-10-17(5-2,16(20)21-3)11-6-7-12-22-14-8-9-15(18)19-13-14/h8-9,13H,4-7,10-12H2,1-3H3. The molecule has 22 heavy (non-hydrogen) atoms. The topological polar surface area (TPSA) is 48.4 Å². The molecule has 0 saturated carbocycles. The van der Waals surface area contributed by atoms with Crippen molar-refractivity contribution in [3.63, 3.8) is 0 Å². The summed E-state index contributed by atoms with van der Waals surface area (Å²) in [5.74, 6) is 0.696. The minimum absolute atomic E-state index is 0.0742. The third-order valence-electron chi connectivity index (χ3n) is 4.04. The van der Waals surface area contributed by atoms with E-state index in [0.717, 1.165) is 48.9 Å². The highest BCUT2D eigenvalue weighted by Crippen LogP contribution is 2.35. The number of rotatable bonds is 10. The molecule has 5 heteroatoms. The first-order valence-electron chi connectivity index (χ1n) is 7.90. The highest BCUT2D eigenvalue weighted by molar-refractivity contribution is 9.10. The molecule has 4 nitrogen and oxygen atoms in total. The molecule has 124 valence electrons. The Morgan fingerprint density at radius 2 is 2.05 bits per heavy atom. The van der Waals surface area contributed by atoms with Gasteiger partial charge in [0, 0.05) is 0 Å². The van der Waals surface area contributed by atoms with E-state index >= 15 is 0 Å². The van der Waals surface area contributed by atoms with Crippen LogP contribution in [0.25, 0.3) is 0 Å². The summed E-state index contributed by atoms with van der Waals surface area (Å²) in [4.78, 5) is 16.2. The van der Waals surface area contributed by atoms with Gasteiger partial charge in [0.05, 0.1) is 25.3 Å². The second kappa shape index (κ2) is 9.82. The fraction of sp³-hybridized carbons (Fsp3) is 0.647. The SMILES string of the molecule is CCCC(CC)(CCCCOc1ccc(Br)nc1)C(=O)OC. The summed E-state index contributed by atoms with van der Waals surface area (Å²) in [5.41, 5.74) is -0.331. The lowest BCUT2D eigenvalue weighted by atomic mass is 9.76. The van der Waals surface area contributed by atoms with E-state index in [-0.39, 0.29) is 11.4 Å². The minimum atomic E-state index is -0.331. The Morgan fingerprint density at radius 3 is 2.59 bits per heavy atom. The number of carbonyl (C=O) groups excluding carboxylic acids is 1. The molecule has 0 aromatic carbocycles. The van der Waals surface area contributed by atoms with Crippen molar-refractivity contribution in [3.05, 3.63) is 22.9 Å². The highest BCUT2D eigenvalue weighted by Gasteiger charge is 2.36. The summed E-state index contributed by atoms with van der Waals surface area (Å²) in [7, 11) is 1.48. The van der Waals surface area contributed by atoms with Crippen LogP contribution in [0.3, 0.4) is 0 Å². The van der Waals surface area contributed by atoms with Crippen molar-refractivity contribution in [2.45, 2.75) is 52.4 Å². The Hall–Kier alpha value is -1.10. The van der Waals surface area contributed by atoms with Crippen LogP contribution < -0.4 is 4.74 Å². The summed E-state index contributed by atoms with van der Waals surface area (Å²) in [6.07, 6.45) is 7.12. The van der Waals surface area contributed by atoms with Gasteiger partial charge in [0.1, 0.15) is 10.4 Å². The van der Waals surface area contributed by atoms with E-state index in [1.54, 1.807) is 6.20 Å². The Balaban J connectivity index is 2.39. The van der Waals surface area contributed by atoms with Crippen molar-refractivity contribution in [1.82, 2.24) is 4.98 Å². The molecule has 1 unspecified atom stereocenters. The summed E-state index contributed by atoms with van der Waals surface area (Å²) >= 11 is 3.29. The van der Waals surface area contributed by atoms with Gasteiger partial charge in [0.25, 0.3) is 0 Å². The first-order valence-corrected chi connectivity index (χ1v) is 8.70. The van der Waals surface area contributed by atoms with E-state index in [4.69, 9.17) is 9.47 Å². The average Bonchev–Trinajstić information content (AvgIpc) is 2.54. The van der Waals surface area contributed by atoms with E-state index in [1.165, 1.54) is 7.11 Å². The lowest BCUT2D eigenvalue weighted by Crippen LogP contribution is -2.31.